The predicted molar refractivity (Wildman–Crippen MR) is 234 cm³/mol. The van der Waals surface area contributed by atoms with Gasteiger partial charge in [-0.1, -0.05) is 24.3 Å². The van der Waals surface area contributed by atoms with Crippen LogP contribution >= 0.6 is 0 Å². The number of ether oxygens (including phenoxy) is 10. The van der Waals surface area contributed by atoms with Gasteiger partial charge in [-0.15, -0.1) is 0 Å². The van der Waals surface area contributed by atoms with E-state index < -0.39 is 161 Å². The summed E-state index contributed by atoms with van der Waals surface area (Å²) in [5, 5.41) is 154. The van der Waals surface area contributed by atoms with Crippen LogP contribution in [0.15, 0.2) is 60.4 Å². The van der Waals surface area contributed by atoms with E-state index in [1.807, 2.05) is 0 Å². The van der Waals surface area contributed by atoms with Crippen molar-refractivity contribution in [2.45, 2.75) is 123 Å². The second-order valence-electron chi connectivity index (χ2n) is 16.8. The van der Waals surface area contributed by atoms with E-state index in [9.17, 15) is 81.4 Å². The van der Waals surface area contributed by atoms with E-state index in [4.69, 9.17) is 47.4 Å². The molecular weight excluding hydrogens is 956 g/mol. The summed E-state index contributed by atoms with van der Waals surface area (Å²) in [6.07, 6.45) is -26.5. The molecule has 20 atom stereocenters. The molecular formula is C45H60O26. The highest BCUT2D eigenvalue weighted by Gasteiger charge is 2.50. The van der Waals surface area contributed by atoms with Crippen molar-refractivity contribution in [3.8, 4) is 23.0 Å². The highest BCUT2D eigenvalue weighted by atomic mass is 16.7. The number of allylic oxidation sites excluding steroid dienone is 3. The molecule has 4 heterocycles. The number of hydrogen-bond acceptors (Lipinski definition) is 26. The zero-order valence-electron chi connectivity index (χ0n) is 37.9. The molecule has 2 aromatic carbocycles. The molecule has 4 fully saturated rings. The molecule has 71 heavy (non-hydrogen) atoms. The van der Waals surface area contributed by atoms with Crippen LogP contribution in [0.4, 0.5) is 0 Å². The number of carbonyl (C=O) groups is 1. The van der Waals surface area contributed by atoms with Crippen molar-refractivity contribution in [3.05, 3.63) is 71.5 Å². The van der Waals surface area contributed by atoms with Crippen LogP contribution in [0.2, 0.25) is 0 Å². The maximum atomic E-state index is 12.8. The topological polar surface area (TPSA) is 413 Å². The molecule has 0 unspecified atom stereocenters. The lowest BCUT2D eigenvalue weighted by molar-refractivity contribution is -0.323. The Bertz CT molecular complexity index is 2130. The van der Waals surface area contributed by atoms with Crippen LogP contribution < -0.4 is 18.9 Å². The summed E-state index contributed by atoms with van der Waals surface area (Å²) in [6, 6.07) is 8.74. The fraction of sp³-hybridized carbons (Fsp3) is 0.578. The SMILES string of the molecule is COc1cc(/C=C/C(=O)/C=C(O)/C=C/c2ccc(O[C@@H]3O[C@H](CO[C@@H]4O[C@H](CO)[C@@H](O)[C@H](O)[C@H]4O)[C@@H](O)[C@H](O)[C@H]3O)c(OC)c2)ccc1O[C@@H]1O[C@H](CO[C@@H]2O[C@H](CO)[C@@H](O)[C@H](O)[C@H]2O)[C@@H](O)[C@H](O)[C@H]1O. The number of rotatable bonds is 19. The summed E-state index contributed by atoms with van der Waals surface area (Å²) in [5.74, 6) is -0.894. The molecule has 4 aliphatic heterocycles. The highest BCUT2D eigenvalue weighted by Crippen LogP contribution is 2.35. The van der Waals surface area contributed by atoms with Crippen molar-refractivity contribution < 1.29 is 129 Å². The molecule has 396 valence electrons. The first-order chi connectivity index (χ1) is 33.8. The van der Waals surface area contributed by atoms with E-state index in [2.05, 4.69) is 0 Å². The number of aliphatic hydroxyl groups excluding tert-OH is 15. The van der Waals surface area contributed by atoms with Crippen molar-refractivity contribution in [1.29, 1.82) is 0 Å². The van der Waals surface area contributed by atoms with Crippen molar-refractivity contribution in [2.24, 2.45) is 0 Å². The Morgan fingerprint density at radius 3 is 1.21 bits per heavy atom. The lowest BCUT2D eigenvalue weighted by atomic mass is 9.98. The zero-order valence-corrected chi connectivity index (χ0v) is 37.9. The Labute approximate surface area is 404 Å². The summed E-state index contributed by atoms with van der Waals surface area (Å²) < 4.78 is 55.2. The first kappa shape index (κ1) is 55.8. The van der Waals surface area contributed by atoms with E-state index in [0.29, 0.717) is 11.1 Å². The van der Waals surface area contributed by atoms with E-state index in [1.54, 1.807) is 0 Å². The second-order valence-corrected chi connectivity index (χ2v) is 16.8. The number of ketones is 1. The smallest absolute Gasteiger partial charge is 0.229 e. The molecule has 4 aliphatic rings. The minimum atomic E-state index is -1.81. The third-order valence-electron chi connectivity index (χ3n) is 11.9. The quantitative estimate of drug-likeness (QED) is 0.0354. The molecule has 0 bridgehead atoms. The predicted octanol–water partition coefficient (Wildman–Crippen LogP) is -5.55. The number of benzene rings is 2. The third kappa shape index (κ3) is 13.2. The maximum Gasteiger partial charge on any atom is 0.229 e. The van der Waals surface area contributed by atoms with Gasteiger partial charge in [-0.3, -0.25) is 4.79 Å². The third-order valence-corrected chi connectivity index (χ3v) is 11.9. The fourth-order valence-electron chi connectivity index (χ4n) is 7.72. The van der Waals surface area contributed by atoms with Crippen LogP contribution in [0.1, 0.15) is 11.1 Å². The molecule has 26 nitrogen and oxygen atoms in total. The van der Waals surface area contributed by atoms with Crippen molar-refractivity contribution in [2.75, 3.05) is 40.6 Å². The van der Waals surface area contributed by atoms with Crippen LogP contribution in [0.5, 0.6) is 23.0 Å². The molecule has 0 radical (unpaired) electrons. The number of methoxy groups -OCH3 is 2. The molecule has 26 heteroatoms. The van der Waals surface area contributed by atoms with E-state index in [0.717, 1.165) is 12.2 Å². The van der Waals surface area contributed by atoms with Gasteiger partial charge in [0.2, 0.25) is 12.6 Å². The van der Waals surface area contributed by atoms with Gasteiger partial charge in [-0.25, -0.2) is 0 Å². The van der Waals surface area contributed by atoms with Crippen molar-refractivity contribution >= 4 is 17.9 Å². The van der Waals surface area contributed by atoms with Crippen molar-refractivity contribution in [1.82, 2.24) is 0 Å². The van der Waals surface area contributed by atoms with E-state index in [1.165, 1.54) is 68.8 Å². The summed E-state index contributed by atoms with van der Waals surface area (Å²) >= 11 is 0. The Morgan fingerprint density at radius 1 is 0.479 bits per heavy atom. The second kappa shape index (κ2) is 25.0. The molecule has 0 aromatic heterocycles. The van der Waals surface area contributed by atoms with Gasteiger partial charge in [-0.05, 0) is 47.5 Å². The monoisotopic (exact) mass is 1020 g/mol. The van der Waals surface area contributed by atoms with Gasteiger partial charge in [0.1, 0.15) is 103 Å². The normalized spacial score (nSPS) is 38.1. The van der Waals surface area contributed by atoms with Gasteiger partial charge < -0.3 is 124 Å². The first-order valence-electron chi connectivity index (χ1n) is 22.0. The molecule has 4 saturated heterocycles. The van der Waals surface area contributed by atoms with Crippen molar-refractivity contribution in [3.63, 3.8) is 0 Å². The number of carbonyl (C=O) groups excluding carboxylic acids is 1. The standard InChI is InChI=1S/C45H60O26/c1-62-24-11-18(5-9-22(24)66-44-40(60)36(56)32(52)28(70-44)16-64-42-38(58)34(54)30(50)26(14-46)68-42)3-7-20(48)13-21(49)8-4-19-6-10-23(25(12-19)63-2)67-45-41(61)37(57)33(53)29(71-45)17-65-43-39(59)35(55)31(51)27(15-47)69-43/h3-13,26-48,50-61H,14-17H2,1-2H3/b7-3+,8-4+,20-13-/t26-,27-,28-,29-,30-,31-,32-,33-,34+,35+,36+,37+,38-,39-,40-,41-,42-,43-,44-,45-/m1/s1. The van der Waals surface area contributed by atoms with Crippen LogP contribution in [-0.4, -0.2) is 246 Å². The molecule has 0 spiro atoms. The summed E-state index contributed by atoms with van der Waals surface area (Å²) in [7, 11) is 2.61. The first-order valence-corrected chi connectivity index (χ1v) is 22.0. The summed E-state index contributed by atoms with van der Waals surface area (Å²) in [4.78, 5) is 12.8. The van der Waals surface area contributed by atoms with E-state index >= 15 is 0 Å². The summed E-state index contributed by atoms with van der Waals surface area (Å²) in [5.41, 5.74) is 0.854. The molecule has 6 rings (SSSR count). The van der Waals surface area contributed by atoms with Gasteiger partial charge in [-0.2, -0.15) is 0 Å². The largest absolute Gasteiger partial charge is 0.508 e. The van der Waals surface area contributed by atoms with Gasteiger partial charge in [0.05, 0.1) is 40.6 Å². The average molecular weight is 1020 g/mol. The lowest BCUT2D eigenvalue weighted by Gasteiger charge is -2.42. The molecule has 2 aromatic rings. The van der Waals surface area contributed by atoms with Gasteiger partial charge in [0, 0.05) is 6.08 Å². The Hall–Kier alpha value is -4.47. The van der Waals surface area contributed by atoms with Gasteiger partial charge in [0.25, 0.3) is 0 Å². The van der Waals surface area contributed by atoms with Crippen LogP contribution in [0.25, 0.3) is 12.2 Å². The van der Waals surface area contributed by atoms with Gasteiger partial charge in [0.15, 0.2) is 41.4 Å². The Morgan fingerprint density at radius 2 is 0.831 bits per heavy atom. The number of aliphatic hydroxyl groups is 15. The molecule has 0 saturated carbocycles. The van der Waals surface area contributed by atoms with Crippen LogP contribution in [0.3, 0.4) is 0 Å². The highest BCUT2D eigenvalue weighted by molar-refractivity contribution is 6.02. The van der Waals surface area contributed by atoms with Crippen LogP contribution in [-0.2, 0) is 33.2 Å². The Balaban J connectivity index is 1.03. The minimum absolute atomic E-state index is 0.00136. The Kier molecular flexibility index (Phi) is 19.6. The molecule has 15 N–H and O–H groups in total. The maximum absolute atomic E-state index is 12.8. The van der Waals surface area contributed by atoms with E-state index in [-0.39, 0.29) is 23.0 Å². The number of hydrogen-bond donors (Lipinski definition) is 15. The molecule has 0 amide bonds. The average Bonchev–Trinajstić information content (AvgIpc) is 3.36. The summed E-state index contributed by atoms with van der Waals surface area (Å²) in [6.45, 7) is -2.58. The molecule has 0 aliphatic carbocycles. The van der Waals surface area contributed by atoms with Gasteiger partial charge >= 0.3 is 0 Å². The van der Waals surface area contributed by atoms with Crippen LogP contribution in [0, 0.1) is 0 Å². The lowest BCUT2D eigenvalue weighted by Crippen LogP contribution is -2.62. The zero-order chi connectivity index (χ0) is 51.8. The minimum Gasteiger partial charge on any atom is -0.508 e. The fourth-order valence-corrected chi connectivity index (χ4v) is 7.72.